The van der Waals surface area contributed by atoms with Crippen molar-refractivity contribution in [3.05, 3.63) is 29.8 Å². The molecule has 1 aromatic rings. The number of carbonyl (C=O) groups is 1. The van der Waals surface area contributed by atoms with Crippen LogP contribution in [0, 0.1) is 0 Å². The molecule has 0 heterocycles. The summed E-state index contributed by atoms with van der Waals surface area (Å²) in [6.07, 6.45) is 3.83. The number of methoxy groups -OCH3 is 1. The van der Waals surface area contributed by atoms with E-state index in [9.17, 15) is 9.90 Å². The molecule has 3 N–H and O–H groups in total. The largest absolute Gasteiger partial charge is 0.497 e. The van der Waals surface area contributed by atoms with Gasteiger partial charge in [0, 0.05) is 12.6 Å². The Morgan fingerprint density at radius 3 is 2.81 bits per heavy atom. The molecule has 0 saturated heterocycles. The number of nitrogens with zero attached hydrogens (tertiary/aromatic N) is 1. The molecule has 2 rings (SSSR count). The van der Waals surface area contributed by atoms with Gasteiger partial charge in [0.05, 0.1) is 19.8 Å². The van der Waals surface area contributed by atoms with Crippen LogP contribution in [0.5, 0.6) is 5.75 Å². The third-order valence-corrected chi connectivity index (χ3v) is 4.09. The highest BCUT2D eigenvalue weighted by atomic mass is 16.5. The van der Waals surface area contributed by atoms with Crippen molar-refractivity contribution in [2.45, 2.75) is 37.8 Å². The van der Waals surface area contributed by atoms with E-state index in [1.54, 1.807) is 7.11 Å². The Morgan fingerprint density at radius 2 is 2.19 bits per heavy atom. The zero-order chi connectivity index (χ0) is 15.2. The van der Waals surface area contributed by atoms with Crippen LogP contribution in [-0.4, -0.2) is 42.2 Å². The third kappa shape index (κ3) is 4.44. The second-order valence-corrected chi connectivity index (χ2v) is 5.63. The molecule has 0 radical (unpaired) electrons. The van der Waals surface area contributed by atoms with Crippen molar-refractivity contribution in [3.63, 3.8) is 0 Å². The predicted octanol–water partition coefficient (Wildman–Crippen LogP) is 1.46. The van der Waals surface area contributed by atoms with Gasteiger partial charge in [0.25, 0.3) is 0 Å². The maximum Gasteiger partial charge on any atom is 0.231 e. The Labute approximate surface area is 125 Å². The summed E-state index contributed by atoms with van der Waals surface area (Å²) in [5.74, 6) is 0.369. The van der Waals surface area contributed by atoms with Crippen molar-refractivity contribution in [1.82, 2.24) is 4.90 Å². The monoisotopic (exact) mass is 292 g/mol. The normalized spacial score (nSPS) is 17.1. The fourth-order valence-electron chi connectivity index (χ4n) is 2.99. The molecule has 21 heavy (non-hydrogen) atoms. The van der Waals surface area contributed by atoms with Crippen molar-refractivity contribution in [2.24, 2.45) is 5.73 Å². The second kappa shape index (κ2) is 7.43. The van der Waals surface area contributed by atoms with E-state index in [1.807, 2.05) is 29.2 Å². The van der Waals surface area contributed by atoms with E-state index in [-0.39, 0.29) is 12.5 Å². The number of primary amides is 1. The summed E-state index contributed by atoms with van der Waals surface area (Å²) in [5, 5.41) is 10.4. The highest BCUT2D eigenvalue weighted by Gasteiger charge is 2.26. The van der Waals surface area contributed by atoms with E-state index < -0.39 is 6.10 Å². The summed E-state index contributed by atoms with van der Waals surface area (Å²) in [6, 6.07) is 7.73. The summed E-state index contributed by atoms with van der Waals surface area (Å²) in [6.45, 7) is 0.618. The van der Waals surface area contributed by atoms with Gasteiger partial charge < -0.3 is 15.6 Å². The lowest BCUT2D eigenvalue weighted by Crippen LogP contribution is -2.42. The Morgan fingerprint density at radius 1 is 1.48 bits per heavy atom. The highest BCUT2D eigenvalue weighted by molar-refractivity contribution is 5.76. The molecule has 1 atom stereocenters. The lowest BCUT2D eigenvalue weighted by atomic mass is 10.1. The number of ether oxygens (including phenoxy) is 1. The predicted molar refractivity (Wildman–Crippen MR) is 81.0 cm³/mol. The molecule has 1 aliphatic carbocycles. The molecule has 1 aliphatic rings. The molecular weight excluding hydrogens is 268 g/mol. The first-order chi connectivity index (χ1) is 10.1. The van der Waals surface area contributed by atoms with Crippen LogP contribution in [0.4, 0.5) is 0 Å². The second-order valence-electron chi connectivity index (χ2n) is 5.63. The molecule has 0 aliphatic heterocycles. The summed E-state index contributed by atoms with van der Waals surface area (Å²) >= 11 is 0. The minimum atomic E-state index is -0.653. The number of aliphatic hydroxyl groups excluding tert-OH is 1. The van der Waals surface area contributed by atoms with Gasteiger partial charge in [-0.05, 0) is 30.5 Å². The number of hydrogen-bond donors (Lipinski definition) is 2. The summed E-state index contributed by atoms with van der Waals surface area (Å²) < 4.78 is 5.18. The molecule has 5 nitrogen and oxygen atoms in total. The maximum absolute atomic E-state index is 11.3. The summed E-state index contributed by atoms with van der Waals surface area (Å²) in [4.78, 5) is 13.3. The molecule has 0 spiro atoms. The van der Waals surface area contributed by atoms with Crippen LogP contribution in [0.3, 0.4) is 0 Å². The first kappa shape index (κ1) is 15.8. The molecule has 1 amide bonds. The Balaban J connectivity index is 2.05. The zero-order valence-corrected chi connectivity index (χ0v) is 12.5. The van der Waals surface area contributed by atoms with Gasteiger partial charge in [0.1, 0.15) is 5.75 Å². The quantitative estimate of drug-likeness (QED) is 0.797. The average molecular weight is 292 g/mol. The third-order valence-electron chi connectivity index (χ3n) is 4.09. The van der Waals surface area contributed by atoms with Crippen LogP contribution in [0.2, 0.25) is 0 Å². The van der Waals surface area contributed by atoms with E-state index >= 15 is 0 Å². The number of rotatable bonds is 7. The number of aliphatic hydroxyl groups is 1. The molecule has 1 saturated carbocycles. The van der Waals surface area contributed by atoms with Crippen LogP contribution in [0.1, 0.15) is 37.4 Å². The summed E-state index contributed by atoms with van der Waals surface area (Å²) in [5.41, 5.74) is 6.13. The van der Waals surface area contributed by atoms with E-state index in [0.29, 0.717) is 18.3 Å². The number of benzene rings is 1. The topological polar surface area (TPSA) is 75.8 Å². The Bertz CT molecular complexity index is 472. The molecule has 1 fully saturated rings. The van der Waals surface area contributed by atoms with Crippen LogP contribution >= 0.6 is 0 Å². The average Bonchev–Trinajstić information content (AvgIpc) is 3.00. The lowest BCUT2D eigenvalue weighted by Gasteiger charge is -2.29. The Kier molecular flexibility index (Phi) is 5.59. The zero-order valence-electron chi connectivity index (χ0n) is 12.5. The molecule has 0 bridgehead atoms. The van der Waals surface area contributed by atoms with E-state index in [1.165, 1.54) is 12.8 Å². The lowest BCUT2D eigenvalue weighted by molar-refractivity contribution is -0.120. The van der Waals surface area contributed by atoms with Crippen molar-refractivity contribution in [1.29, 1.82) is 0 Å². The van der Waals surface area contributed by atoms with Crippen LogP contribution in [-0.2, 0) is 4.79 Å². The van der Waals surface area contributed by atoms with Crippen LogP contribution < -0.4 is 10.5 Å². The standard InChI is InChI=1S/C16H24N2O3/c1-21-14-8-4-5-12(9-14)15(19)10-18(11-16(17)20)13-6-2-3-7-13/h4-5,8-9,13,15,19H,2-3,6-7,10-11H2,1H3,(H2,17,20). The van der Waals surface area contributed by atoms with Gasteiger partial charge in [0.15, 0.2) is 0 Å². The van der Waals surface area contributed by atoms with E-state index in [4.69, 9.17) is 10.5 Å². The van der Waals surface area contributed by atoms with Gasteiger partial charge in [-0.1, -0.05) is 25.0 Å². The smallest absolute Gasteiger partial charge is 0.231 e. The Hall–Kier alpha value is -1.59. The van der Waals surface area contributed by atoms with E-state index in [0.717, 1.165) is 18.4 Å². The van der Waals surface area contributed by atoms with Crippen LogP contribution in [0.25, 0.3) is 0 Å². The van der Waals surface area contributed by atoms with Gasteiger partial charge in [-0.25, -0.2) is 0 Å². The highest BCUT2D eigenvalue weighted by Crippen LogP contribution is 2.26. The fraction of sp³-hybridized carbons (Fsp3) is 0.562. The molecule has 1 unspecified atom stereocenters. The molecule has 1 aromatic carbocycles. The van der Waals surface area contributed by atoms with Gasteiger partial charge >= 0.3 is 0 Å². The van der Waals surface area contributed by atoms with Gasteiger partial charge in [0.2, 0.25) is 5.91 Å². The number of amides is 1. The van der Waals surface area contributed by atoms with Crippen LogP contribution in [0.15, 0.2) is 24.3 Å². The number of hydrogen-bond acceptors (Lipinski definition) is 4. The van der Waals surface area contributed by atoms with Crippen molar-refractivity contribution in [2.75, 3.05) is 20.2 Å². The maximum atomic E-state index is 11.3. The number of carbonyl (C=O) groups excluding carboxylic acids is 1. The van der Waals surface area contributed by atoms with Crippen molar-refractivity contribution >= 4 is 5.91 Å². The molecule has 5 heteroatoms. The number of nitrogens with two attached hydrogens (primary N) is 1. The van der Waals surface area contributed by atoms with Crippen molar-refractivity contribution in [3.8, 4) is 5.75 Å². The van der Waals surface area contributed by atoms with Gasteiger partial charge in [-0.2, -0.15) is 0 Å². The molecule has 0 aromatic heterocycles. The first-order valence-corrected chi connectivity index (χ1v) is 7.44. The van der Waals surface area contributed by atoms with Gasteiger partial charge in [-0.15, -0.1) is 0 Å². The fourth-order valence-corrected chi connectivity index (χ4v) is 2.99. The minimum absolute atomic E-state index is 0.200. The molecule has 116 valence electrons. The minimum Gasteiger partial charge on any atom is -0.497 e. The SMILES string of the molecule is COc1cccc(C(O)CN(CC(N)=O)C2CCCC2)c1. The summed E-state index contributed by atoms with van der Waals surface area (Å²) in [7, 11) is 1.60. The van der Waals surface area contributed by atoms with Gasteiger partial charge in [-0.3, -0.25) is 9.69 Å². The first-order valence-electron chi connectivity index (χ1n) is 7.44. The van der Waals surface area contributed by atoms with Crippen molar-refractivity contribution < 1.29 is 14.6 Å². The molecular formula is C16H24N2O3. The van der Waals surface area contributed by atoms with E-state index in [2.05, 4.69) is 0 Å².